The summed E-state index contributed by atoms with van der Waals surface area (Å²) in [6.45, 7) is 3.57. The number of anilines is 1. The Morgan fingerprint density at radius 3 is 2.78 bits per heavy atom. The molecule has 0 aromatic carbocycles. The Bertz CT molecular complexity index is 462. The molecule has 1 rings (SSSR count). The van der Waals surface area contributed by atoms with Crippen molar-refractivity contribution in [1.29, 1.82) is 0 Å². The number of carbonyl (C=O) groups is 1. The smallest absolute Gasteiger partial charge is 0.311 e. The zero-order valence-electron chi connectivity index (χ0n) is 10.2. The zero-order chi connectivity index (χ0) is 13.7. The van der Waals surface area contributed by atoms with E-state index in [4.69, 9.17) is 5.11 Å². The quantitative estimate of drug-likeness (QED) is 0.591. The molecular formula is C11H15N3O4. The number of aliphatic carboxylic acids is 1. The van der Waals surface area contributed by atoms with Crippen LogP contribution in [0.4, 0.5) is 11.5 Å². The molecule has 18 heavy (non-hydrogen) atoms. The van der Waals surface area contributed by atoms with Crippen molar-refractivity contribution in [3.63, 3.8) is 0 Å². The lowest BCUT2D eigenvalue weighted by atomic mass is 10.1. The lowest BCUT2D eigenvalue weighted by Crippen LogP contribution is -2.22. The normalized spacial score (nSPS) is 11.9. The van der Waals surface area contributed by atoms with Crippen LogP contribution in [0.2, 0.25) is 0 Å². The molecule has 0 bridgehead atoms. The van der Waals surface area contributed by atoms with Crippen molar-refractivity contribution in [3.8, 4) is 0 Å². The highest BCUT2D eigenvalue weighted by molar-refractivity contribution is 5.71. The summed E-state index contributed by atoms with van der Waals surface area (Å²) in [6.07, 6.45) is 0.446. The number of nitrogens with zero attached hydrogens (tertiary/aromatic N) is 2. The summed E-state index contributed by atoms with van der Waals surface area (Å²) in [5.74, 6) is -1.41. The lowest BCUT2D eigenvalue weighted by Gasteiger charge is -2.11. The van der Waals surface area contributed by atoms with Gasteiger partial charge in [-0.15, -0.1) is 0 Å². The van der Waals surface area contributed by atoms with Gasteiger partial charge in [0, 0.05) is 18.3 Å². The van der Waals surface area contributed by atoms with Gasteiger partial charge in [0.2, 0.25) is 5.82 Å². The monoisotopic (exact) mass is 253 g/mol. The molecule has 0 aliphatic carbocycles. The van der Waals surface area contributed by atoms with Crippen molar-refractivity contribution in [2.75, 3.05) is 11.9 Å². The van der Waals surface area contributed by atoms with Crippen LogP contribution in [0.25, 0.3) is 0 Å². The van der Waals surface area contributed by atoms with E-state index in [0.29, 0.717) is 12.1 Å². The van der Waals surface area contributed by atoms with E-state index >= 15 is 0 Å². The number of nitro groups is 1. The van der Waals surface area contributed by atoms with Crippen LogP contribution in [0, 0.1) is 23.0 Å². The molecule has 98 valence electrons. The number of aromatic nitrogens is 1. The van der Waals surface area contributed by atoms with Crippen LogP contribution in [0.15, 0.2) is 12.1 Å². The van der Waals surface area contributed by atoms with Crippen molar-refractivity contribution in [1.82, 2.24) is 4.98 Å². The van der Waals surface area contributed by atoms with Gasteiger partial charge in [-0.2, -0.15) is 0 Å². The predicted octanol–water partition coefficient (Wildman–Crippen LogP) is 1.82. The Kier molecular flexibility index (Phi) is 4.59. The van der Waals surface area contributed by atoms with E-state index in [2.05, 4.69) is 10.3 Å². The number of rotatable bonds is 6. The van der Waals surface area contributed by atoms with E-state index in [1.807, 2.05) is 0 Å². The molecule has 0 aliphatic rings. The Balaban J connectivity index is 2.86. The maximum absolute atomic E-state index is 10.8. The fraction of sp³-hybridized carbons (Fsp3) is 0.455. The second-order valence-corrected chi connectivity index (χ2v) is 3.90. The third-order valence-corrected chi connectivity index (χ3v) is 2.57. The molecule has 0 saturated carbocycles. The van der Waals surface area contributed by atoms with E-state index in [1.165, 1.54) is 12.1 Å². The molecule has 7 heteroatoms. The summed E-state index contributed by atoms with van der Waals surface area (Å²) in [7, 11) is 0. The van der Waals surface area contributed by atoms with Gasteiger partial charge in [0.05, 0.1) is 10.8 Å². The number of aryl methyl sites for hydroxylation is 1. The van der Waals surface area contributed by atoms with Crippen LogP contribution >= 0.6 is 0 Å². The summed E-state index contributed by atoms with van der Waals surface area (Å²) in [6, 6.07) is 2.89. The van der Waals surface area contributed by atoms with Crippen LogP contribution in [0.1, 0.15) is 19.0 Å². The van der Waals surface area contributed by atoms with Gasteiger partial charge in [-0.25, -0.2) is 4.98 Å². The SMILES string of the molecule is CCC(CNc1nc(C)ccc1[N+](=O)[O-])C(=O)O. The summed E-state index contributed by atoms with van der Waals surface area (Å²) in [5, 5.41) is 22.4. The summed E-state index contributed by atoms with van der Waals surface area (Å²) < 4.78 is 0. The van der Waals surface area contributed by atoms with Gasteiger partial charge < -0.3 is 10.4 Å². The maximum Gasteiger partial charge on any atom is 0.311 e. The largest absolute Gasteiger partial charge is 0.481 e. The van der Waals surface area contributed by atoms with Crippen LogP contribution in [-0.4, -0.2) is 27.5 Å². The highest BCUT2D eigenvalue weighted by Gasteiger charge is 2.19. The van der Waals surface area contributed by atoms with Crippen LogP contribution in [0.3, 0.4) is 0 Å². The molecule has 1 aromatic rings. The molecule has 1 heterocycles. The second-order valence-electron chi connectivity index (χ2n) is 3.90. The highest BCUT2D eigenvalue weighted by atomic mass is 16.6. The first kappa shape index (κ1) is 13.9. The number of nitrogens with one attached hydrogen (secondary N) is 1. The first-order valence-electron chi connectivity index (χ1n) is 5.54. The van der Waals surface area contributed by atoms with Gasteiger partial charge in [-0.05, 0) is 19.4 Å². The average Bonchev–Trinajstić information content (AvgIpc) is 2.29. The summed E-state index contributed by atoms with van der Waals surface area (Å²) in [4.78, 5) is 25.1. The first-order valence-corrected chi connectivity index (χ1v) is 5.54. The zero-order valence-corrected chi connectivity index (χ0v) is 10.2. The molecule has 7 nitrogen and oxygen atoms in total. The molecule has 0 saturated heterocycles. The highest BCUT2D eigenvalue weighted by Crippen LogP contribution is 2.22. The van der Waals surface area contributed by atoms with Gasteiger partial charge in [0.25, 0.3) is 0 Å². The van der Waals surface area contributed by atoms with Gasteiger partial charge >= 0.3 is 11.7 Å². The molecule has 0 radical (unpaired) electrons. The molecular weight excluding hydrogens is 238 g/mol. The van der Waals surface area contributed by atoms with E-state index in [9.17, 15) is 14.9 Å². The molecule has 1 unspecified atom stereocenters. The summed E-state index contributed by atoms with van der Waals surface area (Å²) >= 11 is 0. The van der Waals surface area contributed by atoms with Crippen molar-refractivity contribution in [2.45, 2.75) is 20.3 Å². The van der Waals surface area contributed by atoms with E-state index in [-0.39, 0.29) is 18.1 Å². The Hall–Kier alpha value is -2.18. The average molecular weight is 253 g/mol. The van der Waals surface area contributed by atoms with Crippen LogP contribution in [-0.2, 0) is 4.79 Å². The number of carboxylic acids is 1. The fourth-order valence-corrected chi connectivity index (χ4v) is 1.45. The standard InChI is InChI=1S/C11H15N3O4/c1-3-8(11(15)16)6-12-10-9(14(17)18)5-4-7(2)13-10/h4-5,8H,3,6H2,1-2H3,(H,12,13)(H,15,16). The third kappa shape index (κ3) is 3.41. The number of pyridine rings is 1. The van der Waals surface area contributed by atoms with Crippen LogP contribution in [0.5, 0.6) is 0 Å². The Morgan fingerprint density at radius 1 is 1.61 bits per heavy atom. The van der Waals surface area contributed by atoms with Gasteiger partial charge in [-0.3, -0.25) is 14.9 Å². The second kappa shape index (κ2) is 5.95. The molecule has 0 fully saturated rings. The van der Waals surface area contributed by atoms with E-state index in [0.717, 1.165) is 0 Å². The van der Waals surface area contributed by atoms with E-state index in [1.54, 1.807) is 13.8 Å². The molecule has 1 atom stereocenters. The van der Waals surface area contributed by atoms with Gasteiger partial charge in [-0.1, -0.05) is 6.92 Å². The van der Waals surface area contributed by atoms with Crippen molar-refractivity contribution in [2.24, 2.45) is 5.92 Å². The Morgan fingerprint density at radius 2 is 2.28 bits per heavy atom. The number of hydrogen-bond acceptors (Lipinski definition) is 5. The molecule has 1 aromatic heterocycles. The Labute approximate surface area is 104 Å². The maximum atomic E-state index is 10.8. The summed E-state index contributed by atoms with van der Waals surface area (Å²) in [5.41, 5.74) is 0.479. The van der Waals surface area contributed by atoms with Crippen LogP contribution < -0.4 is 5.32 Å². The minimum Gasteiger partial charge on any atom is -0.481 e. The van der Waals surface area contributed by atoms with Crippen molar-refractivity contribution < 1.29 is 14.8 Å². The molecule has 0 amide bonds. The van der Waals surface area contributed by atoms with Crippen molar-refractivity contribution >= 4 is 17.5 Å². The number of carboxylic acid groups (broad SMARTS) is 1. The minimum atomic E-state index is -0.930. The molecule has 0 spiro atoms. The lowest BCUT2D eigenvalue weighted by molar-refractivity contribution is -0.384. The van der Waals surface area contributed by atoms with Crippen molar-refractivity contribution in [3.05, 3.63) is 27.9 Å². The topological polar surface area (TPSA) is 105 Å². The number of hydrogen-bond donors (Lipinski definition) is 2. The minimum absolute atomic E-state index is 0.111. The van der Waals surface area contributed by atoms with Gasteiger partial charge in [0.1, 0.15) is 0 Å². The first-order chi connectivity index (χ1) is 8.45. The van der Waals surface area contributed by atoms with Gasteiger partial charge in [0.15, 0.2) is 0 Å². The third-order valence-electron chi connectivity index (χ3n) is 2.57. The fourth-order valence-electron chi connectivity index (χ4n) is 1.45. The van der Waals surface area contributed by atoms with E-state index < -0.39 is 16.8 Å². The molecule has 2 N–H and O–H groups in total. The predicted molar refractivity (Wildman–Crippen MR) is 65.5 cm³/mol. The molecule has 0 aliphatic heterocycles.